The summed E-state index contributed by atoms with van der Waals surface area (Å²) in [5, 5.41) is 0. The topological polar surface area (TPSA) is 0 Å². The van der Waals surface area contributed by atoms with Crippen molar-refractivity contribution >= 4 is 0 Å². The van der Waals surface area contributed by atoms with Crippen molar-refractivity contribution < 1.29 is 0 Å². The highest BCUT2D eigenvalue weighted by Crippen LogP contribution is 2.61. The highest BCUT2D eigenvalue weighted by atomic mass is 14.5. The van der Waals surface area contributed by atoms with E-state index >= 15 is 0 Å². The first-order chi connectivity index (χ1) is 4.22. The first kappa shape index (κ1) is 5.52. The van der Waals surface area contributed by atoms with Gasteiger partial charge in [-0.1, -0.05) is 31.9 Å². The molecule has 2 aliphatic rings. The zero-order chi connectivity index (χ0) is 6.59. The van der Waals surface area contributed by atoms with E-state index in [-0.39, 0.29) is 0 Å². The minimum Gasteiger partial charge on any atom is -0.0672 e. The predicted molar refractivity (Wildman–Crippen MR) is 39.1 cm³/mol. The molecule has 0 heterocycles. The Hall–Kier alpha value is -0.260. The SMILES string of the molecule is CC(C)C1=C2C(C)C2C1. The standard InChI is InChI=1S/C9H14/c1-5(2)7-4-8-6(3)9(7)8/h5-6,8H,4H2,1-3H3. The van der Waals surface area contributed by atoms with Gasteiger partial charge in [-0.3, -0.25) is 0 Å². The van der Waals surface area contributed by atoms with E-state index in [0.29, 0.717) is 0 Å². The van der Waals surface area contributed by atoms with Crippen LogP contribution in [0.1, 0.15) is 27.2 Å². The molecule has 0 aliphatic heterocycles. The van der Waals surface area contributed by atoms with Crippen LogP contribution in [-0.2, 0) is 0 Å². The van der Waals surface area contributed by atoms with Crippen molar-refractivity contribution in [3.8, 4) is 0 Å². The van der Waals surface area contributed by atoms with Crippen LogP contribution in [0.25, 0.3) is 0 Å². The van der Waals surface area contributed by atoms with Gasteiger partial charge in [0.2, 0.25) is 0 Å². The van der Waals surface area contributed by atoms with E-state index in [2.05, 4.69) is 20.8 Å². The second kappa shape index (κ2) is 1.42. The van der Waals surface area contributed by atoms with Gasteiger partial charge in [0.1, 0.15) is 0 Å². The molecule has 0 aromatic carbocycles. The summed E-state index contributed by atoms with van der Waals surface area (Å²) in [4.78, 5) is 0. The Morgan fingerprint density at radius 2 is 2.11 bits per heavy atom. The van der Waals surface area contributed by atoms with Gasteiger partial charge in [0, 0.05) is 0 Å². The van der Waals surface area contributed by atoms with Gasteiger partial charge in [-0.2, -0.15) is 0 Å². The molecule has 2 atom stereocenters. The maximum atomic E-state index is 2.36. The van der Waals surface area contributed by atoms with E-state index in [0.717, 1.165) is 17.8 Å². The van der Waals surface area contributed by atoms with Crippen molar-refractivity contribution in [3.05, 3.63) is 11.1 Å². The average molecular weight is 122 g/mol. The molecule has 0 heteroatoms. The van der Waals surface area contributed by atoms with E-state index in [1.807, 2.05) is 5.57 Å². The Balaban J connectivity index is 2.18. The Morgan fingerprint density at radius 1 is 1.44 bits per heavy atom. The Kier molecular flexibility index (Phi) is 0.870. The smallest absolute Gasteiger partial charge is 0.00969 e. The fourth-order valence-corrected chi connectivity index (χ4v) is 2.08. The maximum Gasteiger partial charge on any atom is -0.00969 e. The van der Waals surface area contributed by atoms with Crippen LogP contribution in [0.3, 0.4) is 0 Å². The van der Waals surface area contributed by atoms with Crippen LogP contribution in [0.2, 0.25) is 0 Å². The summed E-state index contributed by atoms with van der Waals surface area (Å²) < 4.78 is 0. The van der Waals surface area contributed by atoms with Crippen LogP contribution in [0.15, 0.2) is 11.1 Å². The lowest BCUT2D eigenvalue weighted by Crippen LogP contribution is -2.02. The molecule has 9 heavy (non-hydrogen) atoms. The second-order valence-corrected chi connectivity index (χ2v) is 3.73. The molecule has 0 aromatic heterocycles. The molecular weight excluding hydrogens is 108 g/mol. The summed E-state index contributed by atoms with van der Waals surface area (Å²) >= 11 is 0. The molecule has 0 aromatic rings. The van der Waals surface area contributed by atoms with Crippen molar-refractivity contribution in [3.63, 3.8) is 0 Å². The van der Waals surface area contributed by atoms with Crippen LogP contribution in [0.5, 0.6) is 0 Å². The van der Waals surface area contributed by atoms with Gasteiger partial charge >= 0.3 is 0 Å². The number of hydrogen-bond acceptors (Lipinski definition) is 0. The first-order valence-corrected chi connectivity index (χ1v) is 3.94. The Bertz CT molecular complexity index is 168. The molecule has 0 saturated heterocycles. The van der Waals surface area contributed by atoms with Gasteiger partial charge in [-0.15, -0.1) is 0 Å². The zero-order valence-corrected chi connectivity index (χ0v) is 6.44. The van der Waals surface area contributed by atoms with Crippen molar-refractivity contribution in [1.82, 2.24) is 0 Å². The van der Waals surface area contributed by atoms with Crippen molar-refractivity contribution in [1.29, 1.82) is 0 Å². The normalized spacial score (nSPS) is 38.7. The fourth-order valence-electron chi connectivity index (χ4n) is 2.08. The van der Waals surface area contributed by atoms with Gasteiger partial charge in [0.25, 0.3) is 0 Å². The summed E-state index contributed by atoms with van der Waals surface area (Å²) in [6, 6.07) is 0. The van der Waals surface area contributed by atoms with Crippen LogP contribution in [-0.4, -0.2) is 0 Å². The number of allylic oxidation sites excluding steroid dienone is 2. The van der Waals surface area contributed by atoms with Gasteiger partial charge in [-0.25, -0.2) is 0 Å². The van der Waals surface area contributed by atoms with E-state index < -0.39 is 0 Å². The quantitative estimate of drug-likeness (QED) is 0.469. The number of rotatable bonds is 1. The minimum absolute atomic E-state index is 0.834. The number of fused-ring (bicyclic) bond motifs is 1. The van der Waals surface area contributed by atoms with E-state index in [9.17, 15) is 0 Å². The first-order valence-electron chi connectivity index (χ1n) is 3.94. The average Bonchev–Trinajstić information content (AvgIpc) is 2.03. The Morgan fingerprint density at radius 3 is 2.22 bits per heavy atom. The molecule has 0 bridgehead atoms. The molecule has 0 amide bonds. The lowest BCUT2D eigenvalue weighted by Gasteiger charge is -2.16. The fraction of sp³-hybridized carbons (Fsp3) is 0.778. The molecule has 2 unspecified atom stereocenters. The third-order valence-corrected chi connectivity index (χ3v) is 2.89. The van der Waals surface area contributed by atoms with E-state index in [1.54, 1.807) is 5.57 Å². The summed E-state index contributed by atoms with van der Waals surface area (Å²) in [6.45, 7) is 6.97. The van der Waals surface area contributed by atoms with Gasteiger partial charge in [0.15, 0.2) is 0 Å². The molecule has 2 aliphatic carbocycles. The molecule has 0 nitrogen and oxygen atoms in total. The Labute approximate surface area is 57.0 Å². The zero-order valence-electron chi connectivity index (χ0n) is 6.44. The van der Waals surface area contributed by atoms with Crippen molar-refractivity contribution in [2.45, 2.75) is 27.2 Å². The van der Waals surface area contributed by atoms with E-state index in [4.69, 9.17) is 0 Å². The van der Waals surface area contributed by atoms with Crippen LogP contribution in [0.4, 0.5) is 0 Å². The molecule has 0 N–H and O–H groups in total. The van der Waals surface area contributed by atoms with E-state index in [1.165, 1.54) is 6.42 Å². The lowest BCUT2D eigenvalue weighted by atomic mass is 9.90. The highest BCUT2D eigenvalue weighted by Gasteiger charge is 2.50. The second-order valence-electron chi connectivity index (χ2n) is 3.73. The predicted octanol–water partition coefficient (Wildman–Crippen LogP) is 2.61. The molecular formula is C9H14. The summed E-state index contributed by atoms with van der Waals surface area (Å²) in [7, 11) is 0. The van der Waals surface area contributed by atoms with Crippen LogP contribution in [0, 0.1) is 17.8 Å². The highest BCUT2D eigenvalue weighted by molar-refractivity contribution is 5.45. The van der Waals surface area contributed by atoms with Crippen LogP contribution < -0.4 is 0 Å². The molecule has 50 valence electrons. The van der Waals surface area contributed by atoms with Crippen molar-refractivity contribution in [2.75, 3.05) is 0 Å². The van der Waals surface area contributed by atoms with Crippen molar-refractivity contribution in [2.24, 2.45) is 17.8 Å². The monoisotopic (exact) mass is 122 g/mol. The summed E-state index contributed by atoms with van der Waals surface area (Å²) in [6.07, 6.45) is 1.42. The molecule has 1 saturated carbocycles. The largest absolute Gasteiger partial charge is 0.0672 e. The number of hydrogen-bond donors (Lipinski definition) is 0. The van der Waals surface area contributed by atoms with Gasteiger partial charge in [0.05, 0.1) is 0 Å². The molecule has 1 fully saturated rings. The summed E-state index contributed by atoms with van der Waals surface area (Å²) in [5.74, 6) is 2.85. The lowest BCUT2D eigenvalue weighted by molar-refractivity contribution is 0.625. The van der Waals surface area contributed by atoms with Gasteiger partial charge in [-0.05, 0) is 24.2 Å². The van der Waals surface area contributed by atoms with Crippen LogP contribution >= 0.6 is 0 Å². The molecule has 2 rings (SSSR count). The third-order valence-electron chi connectivity index (χ3n) is 2.89. The summed E-state index contributed by atoms with van der Waals surface area (Å²) in [5.41, 5.74) is 3.58. The molecule has 0 radical (unpaired) electrons. The van der Waals surface area contributed by atoms with Gasteiger partial charge < -0.3 is 0 Å². The minimum atomic E-state index is 0.834. The maximum absolute atomic E-state index is 2.36. The third kappa shape index (κ3) is 0.540. The molecule has 0 spiro atoms.